The Kier molecular flexibility index (Phi) is 5.65. The predicted molar refractivity (Wildman–Crippen MR) is 44.3 cm³/mol. The van der Waals surface area contributed by atoms with Crippen molar-refractivity contribution in [1.82, 2.24) is 0 Å². The van der Waals surface area contributed by atoms with Crippen molar-refractivity contribution >= 4 is 6.08 Å². The summed E-state index contributed by atoms with van der Waals surface area (Å²) in [5.74, 6) is 0. The maximum atomic E-state index is 3.46. The minimum Gasteiger partial charge on any atom is -0.258 e. The van der Waals surface area contributed by atoms with Crippen LogP contribution in [-0.2, 0) is 0 Å². The molecule has 0 saturated heterocycles. The van der Waals surface area contributed by atoms with E-state index in [0.717, 1.165) is 0 Å². The van der Waals surface area contributed by atoms with Crippen molar-refractivity contribution in [2.24, 2.45) is 0 Å². The largest absolute Gasteiger partial charge is 1.00 e. The van der Waals surface area contributed by atoms with Crippen LogP contribution in [-0.4, -0.2) is 0 Å². The molecule has 0 atom stereocenters. The first-order valence-corrected chi connectivity index (χ1v) is 3.17. The SMILES string of the molecule is C=[C-]C=Cc1ccccc1.[Li+]. The van der Waals surface area contributed by atoms with Crippen molar-refractivity contribution in [3.63, 3.8) is 0 Å². The Hall–Kier alpha value is -0.703. The van der Waals surface area contributed by atoms with Gasteiger partial charge in [0.15, 0.2) is 0 Å². The van der Waals surface area contributed by atoms with Gasteiger partial charge in [-0.3, -0.25) is 6.08 Å². The monoisotopic (exact) mass is 136 g/mol. The fraction of sp³-hybridized carbons (Fsp3) is 0. The van der Waals surface area contributed by atoms with Crippen LogP contribution in [0.2, 0.25) is 0 Å². The molecule has 0 nitrogen and oxygen atoms in total. The van der Waals surface area contributed by atoms with E-state index >= 15 is 0 Å². The van der Waals surface area contributed by atoms with Gasteiger partial charge in [0, 0.05) is 0 Å². The van der Waals surface area contributed by atoms with E-state index in [4.69, 9.17) is 0 Å². The summed E-state index contributed by atoms with van der Waals surface area (Å²) in [6, 6.07) is 10.1. The normalized spacial score (nSPS) is 9.09. The number of hydrogen-bond donors (Lipinski definition) is 0. The van der Waals surface area contributed by atoms with Crippen LogP contribution in [0.25, 0.3) is 6.08 Å². The van der Waals surface area contributed by atoms with Crippen LogP contribution >= 0.6 is 0 Å². The van der Waals surface area contributed by atoms with Gasteiger partial charge < -0.3 is 0 Å². The van der Waals surface area contributed by atoms with E-state index in [2.05, 4.69) is 12.7 Å². The van der Waals surface area contributed by atoms with Crippen LogP contribution < -0.4 is 18.9 Å². The fourth-order valence-electron chi connectivity index (χ4n) is 0.719. The van der Waals surface area contributed by atoms with E-state index in [1.54, 1.807) is 6.08 Å². The summed E-state index contributed by atoms with van der Waals surface area (Å²) in [4.78, 5) is 0. The first-order chi connectivity index (χ1) is 4.93. The van der Waals surface area contributed by atoms with E-state index in [9.17, 15) is 0 Å². The summed E-state index contributed by atoms with van der Waals surface area (Å²) >= 11 is 0. The third kappa shape index (κ3) is 3.88. The average molecular weight is 136 g/mol. The molecule has 0 bridgehead atoms. The molecular weight excluding hydrogens is 127 g/mol. The summed E-state index contributed by atoms with van der Waals surface area (Å²) in [6.07, 6.45) is 6.45. The summed E-state index contributed by atoms with van der Waals surface area (Å²) in [7, 11) is 0. The molecule has 0 saturated carbocycles. The van der Waals surface area contributed by atoms with Gasteiger partial charge in [-0.1, -0.05) is 30.3 Å². The average Bonchev–Trinajstić information content (AvgIpc) is 2.03. The molecule has 50 valence electrons. The molecule has 0 aliphatic carbocycles. The molecule has 0 aliphatic heterocycles. The quantitative estimate of drug-likeness (QED) is 0.297. The van der Waals surface area contributed by atoms with E-state index < -0.39 is 0 Å². The molecule has 0 spiro atoms. The zero-order chi connectivity index (χ0) is 7.23. The van der Waals surface area contributed by atoms with Gasteiger partial charge in [-0.2, -0.15) is 6.58 Å². The number of benzene rings is 1. The van der Waals surface area contributed by atoms with Crippen LogP contribution in [0.15, 0.2) is 43.0 Å². The van der Waals surface area contributed by atoms with Crippen LogP contribution in [0.4, 0.5) is 0 Å². The molecule has 0 N–H and O–H groups in total. The van der Waals surface area contributed by atoms with E-state index in [-0.39, 0.29) is 18.9 Å². The first-order valence-electron chi connectivity index (χ1n) is 3.17. The second kappa shape index (κ2) is 6.04. The summed E-state index contributed by atoms with van der Waals surface area (Å²) in [5.41, 5.74) is 1.18. The maximum absolute atomic E-state index is 3.46. The predicted octanol–water partition coefficient (Wildman–Crippen LogP) is -0.307. The van der Waals surface area contributed by atoms with Gasteiger partial charge in [0.25, 0.3) is 0 Å². The van der Waals surface area contributed by atoms with Crippen LogP contribution in [0, 0.1) is 6.08 Å². The molecule has 1 rings (SSSR count). The van der Waals surface area contributed by atoms with E-state index in [1.807, 2.05) is 36.4 Å². The maximum Gasteiger partial charge on any atom is 1.00 e. The zero-order valence-corrected chi connectivity index (χ0v) is 6.75. The Morgan fingerprint density at radius 3 is 2.36 bits per heavy atom. The van der Waals surface area contributed by atoms with Gasteiger partial charge in [-0.15, -0.1) is 5.56 Å². The van der Waals surface area contributed by atoms with Crippen molar-refractivity contribution in [1.29, 1.82) is 0 Å². The van der Waals surface area contributed by atoms with Crippen molar-refractivity contribution in [3.8, 4) is 0 Å². The van der Waals surface area contributed by atoms with E-state index in [0.29, 0.717) is 0 Å². The smallest absolute Gasteiger partial charge is 0.258 e. The zero-order valence-electron chi connectivity index (χ0n) is 6.75. The number of allylic oxidation sites excluding steroid dienone is 2. The molecule has 0 radical (unpaired) electrons. The number of hydrogen-bond acceptors (Lipinski definition) is 0. The van der Waals surface area contributed by atoms with Crippen LogP contribution in [0.3, 0.4) is 0 Å². The molecule has 1 aromatic carbocycles. The van der Waals surface area contributed by atoms with Gasteiger partial charge in [0.2, 0.25) is 0 Å². The fourth-order valence-corrected chi connectivity index (χ4v) is 0.719. The molecule has 0 amide bonds. The number of rotatable bonds is 2. The van der Waals surface area contributed by atoms with Crippen LogP contribution in [0.5, 0.6) is 0 Å². The Morgan fingerprint density at radius 2 is 1.82 bits per heavy atom. The topological polar surface area (TPSA) is 0 Å². The molecule has 0 fully saturated rings. The molecule has 1 heteroatoms. The van der Waals surface area contributed by atoms with Crippen LogP contribution in [0.1, 0.15) is 5.56 Å². The van der Waals surface area contributed by atoms with Gasteiger partial charge in [0.1, 0.15) is 0 Å². The molecule has 1 aromatic rings. The second-order valence-corrected chi connectivity index (χ2v) is 1.95. The minimum absolute atomic E-state index is 0. The molecule has 0 aromatic heterocycles. The third-order valence-electron chi connectivity index (χ3n) is 1.19. The van der Waals surface area contributed by atoms with Crippen molar-refractivity contribution in [3.05, 3.63) is 54.6 Å². The van der Waals surface area contributed by atoms with Crippen molar-refractivity contribution in [2.75, 3.05) is 0 Å². The Morgan fingerprint density at radius 1 is 1.18 bits per heavy atom. The Labute approximate surface area is 79.8 Å². The second-order valence-electron chi connectivity index (χ2n) is 1.95. The summed E-state index contributed by atoms with van der Waals surface area (Å²) in [6.45, 7) is 3.46. The molecule has 0 aliphatic rings. The Bertz CT molecular complexity index is 224. The van der Waals surface area contributed by atoms with E-state index in [1.165, 1.54) is 5.56 Å². The summed E-state index contributed by atoms with van der Waals surface area (Å²) < 4.78 is 0. The summed E-state index contributed by atoms with van der Waals surface area (Å²) in [5, 5.41) is 0. The molecular formula is C10H9Li. The first kappa shape index (κ1) is 10.3. The van der Waals surface area contributed by atoms with Crippen molar-refractivity contribution < 1.29 is 18.9 Å². The molecule has 0 unspecified atom stereocenters. The standard InChI is InChI=1S/C10H9.Li/c1-2-3-7-10-8-5-4-6-9-10;/h3-9H,1H2;/q-1;+1. The van der Waals surface area contributed by atoms with Gasteiger partial charge >= 0.3 is 18.9 Å². The minimum atomic E-state index is 0. The molecule has 11 heavy (non-hydrogen) atoms. The van der Waals surface area contributed by atoms with Crippen molar-refractivity contribution in [2.45, 2.75) is 0 Å². The molecule has 0 heterocycles. The van der Waals surface area contributed by atoms with Gasteiger partial charge in [-0.25, -0.2) is 12.2 Å². The third-order valence-corrected chi connectivity index (χ3v) is 1.19. The van der Waals surface area contributed by atoms with Gasteiger partial charge in [0.05, 0.1) is 0 Å². The Balaban J connectivity index is 0.000001000. The van der Waals surface area contributed by atoms with Gasteiger partial charge in [-0.05, 0) is 0 Å².